The van der Waals surface area contributed by atoms with Gasteiger partial charge in [0.1, 0.15) is 6.10 Å². The largest absolute Gasteiger partial charge is 0.370 e. The highest BCUT2D eigenvalue weighted by Crippen LogP contribution is 2.25. The van der Waals surface area contributed by atoms with E-state index in [1.807, 2.05) is 6.92 Å². The second-order valence-corrected chi connectivity index (χ2v) is 5.94. The molecule has 2 rings (SSSR count). The molecular weight excluding hydrogens is 420 g/mol. The molecule has 1 aliphatic heterocycles. The molecule has 1 atom stereocenters. The first-order valence-corrected chi connectivity index (χ1v) is 8.43. The van der Waals surface area contributed by atoms with Gasteiger partial charge in [0.05, 0.1) is 19.8 Å². The third-order valence-electron chi connectivity index (χ3n) is 4.03. The van der Waals surface area contributed by atoms with Gasteiger partial charge in [0.25, 0.3) is 0 Å². The smallest absolute Gasteiger partial charge is 0.194 e. The molecule has 0 bridgehead atoms. The fraction of sp³-hybridized carbons (Fsp3) is 0.611. The van der Waals surface area contributed by atoms with Gasteiger partial charge in [0.2, 0.25) is 0 Å². The summed E-state index contributed by atoms with van der Waals surface area (Å²) in [6, 6.07) is 6.48. The van der Waals surface area contributed by atoms with Gasteiger partial charge in [-0.2, -0.15) is 0 Å². The Morgan fingerprint density at radius 1 is 1.42 bits per heavy atom. The van der Waals surface area contributed by atoms with E-state index < -0.39 is 0 Å². The summed E-state index contributed by atoms with van der Waals surface area (Å²) in [7, 11) is 0. The summed E-state index contributed by atoms with van der Waals surface area (Å²) < 4.78 is 18.3. The summed E-state index contributed by atoms with van der Waals surface area (Å²) >= 11 is 0. The molecule has 1 saturated heterocycles. The van der Waals surface area contributed by atoms with Gasteiger partial charge in [-0.25, -0.2) is 0 Å². The average Bonchev–Trinajstić information content (AvgIpc) is 2.54. The molecule has 136 valence electrons. The highest BCUT2D eigenvalue weighted by atomic mass is 127. The summed E-state index contributed by atoms with van der Waals surface area (Å²) in [6.45, 7) is 9.53. The van der Waals surface area contributed by atoms with Gasteiger partial charge in [0.15, 0.2) is 5.96 Å². The molecule has 24 heavy (non-hydrogen) atoms. The number of morpholine rings is 1. The first-order valence-electron chi connectivity index (χ1n) is 8.43. The lowest BCUT2D eigenvalue weighted by atomic mass is 10.00. The van der Waals surface area contributed by atoms with Gasteiger partial charge in [-0.15, -0.1) is 24.0 Å². The third-order valence-corrected chi connectivity index (χ3v) is 4.03. The van der Waals surface area contributed by atoms with Crippen LogP contribution in [-0.2, 0) is 4.74 Å². The lowest BCUT2D eigenvalue weighted by Crippen LogP contribution is -2.48. The van der Waals surface area contributed by atoms with Crippen molar-refractivity contribution in [1.82, 2.24) is 10.2 Å². The molecule has 0 aliphatic carbocycles. The van der Waals surface area contributed by atoms with Crippen LogP contribution in [0.15, 0.2) is 23.2 Å². The maximum absolute atomic E-state index is 12.3. The van der Waals surface area contributed by atoms with E-state index in [1.165, 1.54) is 16.7 Å². The molecule has 1 aromatic rings. The lowest BCUT2D eigenvalue weighted by molar-refractivity contribution is -0.00833. The normalized spacial score (nSPS) is 18.2. The first-order chi connectivity index (χ1) is 11.2. The van der Waals surface area contributed by atoms with Crippen LogP contribution in [0.4, 0.5) is 4.39 Å². The fourth-order valence-electron chi connectivity index (χ4n) is 2.89. The Morgan fingerprint density at radius 3 is 2.88 bits per heavy atom. The van der Waals surface area contributed by atoms with Crippen molar-refractivity contribution in [3.63, 3.8) is 0 Å². The number of hydrogen-bond donors (Lipinski definition) is 1. The van der Waals surface area contributed by atoms with E-state index in [0.29, 0.717) is 19.6 Å². The van der Waals surface area contributed by atoms with Gasteiger partial charge < -0.3 is 15.0 Å². The van der Waals surface area contributed by atoms with Crippen molar-refractivity contribution in [2.24, 2.45) is 4.99 Å². The van der Waals surface area contributed by atoms with Crippen molar-refractivity contribution in [3.05, 3.63) is 34.9 Å². The molecule has 0 saturated carbocycles. The van der Waals surface area contributed by atoms with Crippen molar-refractivity contribution in [3.8, 4) is 0 Å². The number of nitrogens with zero attached hydrogens (tertiary/aromatic N) is 2. The quantitative estimate of drug-likeness (QED) is 0.323. The molecule has 1 N–H and O–H groups in total. The molecule has 1 aliphatic rings. The Morgan fingerprint density at radius 2 is 2.21 bits per heavy atom. The van der Waals surface area contributed by atoms with Crippen molar-refractivity contribution in [2.75, 3.05) is 39.5 Å². The summed E-state index contributed by atoms with van der Waals surface area (Å²) in [4.78, 5) is 6.74. The Kier molecular flexibility index (Phi) is 9.58. The number of nitrogens with one attached hydrogen (secondary N) is 1. The van der Waals surface area contributed by atoms with Gasteiger partial charge in [0, 0.05) is 19.6 Å². The van der Waals surface area contributed by atoms with Crippen LogP contribution in [0, 0.1) is 13.8 Å². The maximum Gasteiger partial charge on any atom is 0.194 e. The zero-order valence-corrected chi connectivity index (χ0v) is 17.2. The van der Waals surface area contributed by atoms with Crippen LogP contribution >= 0.6 is 24.0 Å². The minimum absolute atomic E-state index is 0. The van der Waals surface area contributed by atoms with Crippen LogP contribution in [0.1, 0.15) is 36.1 Å². The van der Waals surface area contributed by atoms with Gasteiger partial charge in [-0.05, 0) is 38.3 Å². The molecule has 0 aromatic heterocycles. The predicted octanol–water partition coefficient (Wildman–Crippen LogP) is 3.62. The average molecular weight is 449 g/mol. The number of aryl methyl sites for hydroxylation is 2. The van der Waals surface area contributed by atoms with Crippen LogP contribution in [0.25, 0.3) is 0 Å². The van der Waals surface area contributed by atoms with Gasteiger partial charge in [-0.1, -0.05) is 23.8 Å². The van der Waals surface area contributed by atoms with E-state index in [4.69, 9.17) is 4.74 Å². The lowest BCUT2D eigenvalue weighted by Gasteiger charge is -2.36. The number of ether oxygens (including phenoxy) is 1. The number of halogens is 2. The van der Waals surface area contributed by atoms with Gasteiger partial charge >= 0.3 is 0 Å². The minimum atomic E-state index is -0.322. The molecule has 0 amide bonds. The Hall–Kier alpha value is -0.890. The molecular formula is C18H29FIN3O. The number of alkyl halides is 1. The summed E-state index contributed by atoms with van der Waals surface area (Å²) in [6.07, 6.45) is 0.522. The second-order valence-electron chi connectivity index (χ2n) is 5.94. The number of benzene rings is 1. The van der Waals surface area contributed by atoms with E-state index in [2.05, 4.69) is 47.3 Å². The standard InChI is InChI=1S/C18H28FN3O.HI/c1-4-20-18(21-9-5-8-19)22-10-11-23-17(13-22)16-7-6-14(2)12-15(16)3;/h6-7,12,17H,4-5,8-11,13H2,1-3H3,(H,20,21);1H. The minimum Gasteiger partial charge on any atom is -0.370 e. The third kappa shape index (κ3) is 5.88. The van der Waals surface area contributed by atoms with E-state index in [-0.39, 0.29) is 36.8 Å². The summed E-state index contributed by atoms with van der Waals surface area (Å²) in [5.74, 6) is 0.860. The highest BCUT2D eigenvalue weighted by Gasteiger charge is 2.25. The second kappa shape index (κ2) is 10.9. The maximum atomic E-state index is 12.3. The van der Waals surface area contributed by atoms with Crippen LogP contribution < -0.4 is 5.32 Å². The van der Waals surface area contributed by atoms with Crippen LogP contribution in [0.5, 0.6) is 0 Å². The molecule has 1 aromatic carbocycles. The Bertz CT molecular complexity index is 539. The molecule has 1 heterocycles. The van der Waals surface area contributed by atoms with Crippen LogP contribution in [0.2, 0.25) is 0 Å². The number of guanidine groups is 1. The summed E-state index contributed by atoms with van der Waals surface area (Å²) in [5, 5.41) is 3.30. The van der Waals surface area contributed by atoms with E-state index in [9.17, 15) is 4.39 Å². The molecule has 0 radical (unpaired) electrons. The van der Waals surface area contributed by atoms with E-state index >= 15 is 0 Å². The van der Waals surface area contributed by atoms with Crippen LogP contribution in [-0.4, -0.2) is 50.3 Å². The van der Waals surface area contributed by atoms with Crippen molar-refractivity contribution in [2.45, 2.75) is 33.3 Å². The topological polar surface area (TPSA) is 36.9 Å². The monoisotopic (exact) mass is 449 g/mol. The predicted molar refractivity (Wildman–Crippen MR) is 108 cm³/mol. The molecule has 4 nitrogen and oxygen atoms in total. The summed E-state index contributed by atoms with van der Waals surface area (Å²) in [5.41, 5.74) is 3.76. The van der Waals surface area contributed by atoms with Crippen molar-refractivity contribution < 1.29 is 9.13 Å². The van der Waals surface area contributed by atoms with Gasteiger partial charge in [-0.3, -0.25) is 9.38 Å². The highest BCUT2D eigenvalue weighted by molar-refractivity contribution is 14.0. The Balaban J connectivity index is 0.00000288. The van der Waals surface area contributed by atoms with Crippen molar-refractivity contribution >= 4 is 29.9 Å². The van der Waals surface area contributed by atoms with E-state index in [1.54, 1.807) is 0 Å². The Labute approximate surface area is 161 Å². The SMILES string of the molecule is CCNC(=NCCCF)N1CCOC(c2ccc(C)cc2C)C1.I. The fourth-order valence-corrected chi connectivity index (χ4v) is 2.89. The number of hydrogen-bond acceptors (Lipinski definition) is 2. The van der Waals surface area contributed by atoms with Crippen LogP contribution in [0.3, 0.4) is 0 Å². The number of rotatable bonds is 5. The zero-order valence-electron chi connectivity index (χ0n) is 14.8. The first kappa shape index (κ1) is 21.2. The molecule has 1 unspecified atom stereocenters. The molecule has 6 heteroatoms. The zero-order chi connectivity index (χ0) is 16.7. The van der Waals surface area contributed by atoms with E-state index in [0.717, 1.165) is 25.6 Å². The molecule has 1 fully saturated rings. The molecule has 0 spiro atoms. The number of aliphatic imine (C=N–C) groups is 1. The van der Waals surface area contributed by atoms with Crippen molar-refractivity contribution in [1.29, 1.82) is 0 Å².